The Morgan fingerprint density at radius 1 is 1.62 bits per heavy atom. The second kappa shape index (κ2) is 3.80. The Labute approximate surface area is 90.9 Å². The first kappa shape index (κ1) is 10.4. The molecule has 0 bridgehead atoms. The molecule has 2 rings (SSSR count). The van der Waals surface area contributed by atoms with Crippen LogP contribution in [0.4, 0.5) is 5.69 Å². The topological polar surface area (TPSA) is 78.7 Å². The third-order valence-corrected chi connectivity index (χ3v) is 2.40. The molecule has 6 nitrogen and oxygen atoms in total. The van der Waals surface area contributed by atoms with Gasteiger partial charge in [0.05, 0.1) is 12.0 Å². The van der Waals surface area contributed by atoms with Crippen LogP contribution in [0.1, 0.15) is 5.56 Å². The summed E-state index contributed by atoms with van der Waals surface area (Å²) in [5, 5.41) is 10.7. The zero-order chi connectivity index (χ0) is 11.7. The first-order valence-corrected chi connectivity index (χ1v) is 4.64. The summed E-state index contributed by atoms with van der Waals surface area (Å²) in [7, 11) is 1.25. The third-order valence-electron chi connectivity index (χ3n) is 2.40. The first-order chi connectivity index (χ1) is 7.63. The fraction of sp³-hybridized carbons (Fsp3) is 0.300. The molecule has 1 aromatic rings. The van der Waals surface area contributed by atoms with Gasteiger partial charge in [0.15, 0.2) is 6.10 Å². The number of nitro groups is 1. The van der Waals surface area contributed by atoms with E-state index in [-0.39, 0.29) is 11.4 Å². The summed E-state index contributed by atoms with van der Waals surface area (Å²) >= 11 is 0. The monoisotopic (exact) mass is 223 g/mol. The summed E-state index contributed by atoms with van der Waals surface area (Å²) in [5.41, 5.74) is 0.536. The van der Waals surface area contributed by atoms with Gasteiger partial charge < -0.3 is 9.47 Å². The molecule has 1 aromatic carbocycles. The van der Waals surface area contributed by atoms with Crippen molar-refractivity contribution >= 4 is 11.7 Å². The molecule has 1 heterocycles. The molecule has 0 radical (unpaired) electrons. The Hall–Kier alpha value is -2.11. The van der Waals surface area contributed by atoms with E-state index >= 15 is 0 Å². The number of fused-ring (bicyclic) bond motifs is 1. The van der Waals surface area contributed by atoms with Crippen LogP contribution in [0.15, 0.2) is 18.2 Å². The maximum Gasteiger partial charge on any atom is 0.347 e. The average Bonchev–Trinajstić information content (AvgIpc) is 2.70. The molecule has 0 amide bonds. The van der Waals surface area contributed by atoms with E-state index < -0.39 is 17.0 Å². The van der Waals surface area contributed by atoms with Crippen molar-refractivity contribution in [3.05, 3.63) is 33.9 Å². The van der Waals surface area contributed by atoms with E-state index in [1.165, 1.54) is 13.2 Å². The van der Waals surface area contributed by atoms with Crippen molar-refractivity contribution in [3.63, 3.8) is 0 Å². The number of methoxy groups -OCH3 is 1. The number of rotatable bonds is 2. The Balaban J connectivity index is 2.34. The summed E-state index contributed by atoms with van der Waals surface area (Å²) in [6, 6.07) is 4.61. The van der Waals surface area contributed by atoms with Crippen molar-refractivity contribution in [2.75, 3.05) is 7.11 Å². The molecule has 0 aromatic heterocycles. The molecule has 0 saturated heterocycles. The van der Waals surface area contributed by atoms with Crippen molar-refractivity contribution in [1.29, 1.82) is 0 Å². The third kappa shape index (κ3) is 1.58. The van der Waals surface area contributed by atoms with Gasteiger partial charge in [-0.2, -0.15) is 0 Å². The quantitative estimate of drug-likeness (QED) is 0.425. The van der Waals surface area contributed by atoms with Gasteiger partial charge in [-0.3, -0.25) is 10.1 Å². The molecule has 1 atom stereocenters. The van der Waals surface area contributed by atoms with Crippen LogP contribution in [-0.2, 0) is 16.0 Å². The molecule has 0 aliphatic carbocycles. The van der Waals surface area contributed by atoms with E-state index in [0.717, 1.165) is 0 Å². The van der Waals surface area contributed by atoms with Gasteiger partial charge >= 0.3 is 11.7 Å². The van der Waals surface area contributed by atoms with Crippen LogP contribution in [0.5, 0.6) is 5.75 Å². The molecule has 1 aliphatic heterocycles. The molecule has 1 aliphatic rings. The van der Waals surface area contributed by atoms with E-state index in [1.54, 1.807) is 12.1 Å². The molecule has 0 spiro atoms. The Morgan fingerprint density at radius 3 is 3.00 bits per heavy atom. The normalized spacial score (nSPS) is 17.4. The maximum atomic E-state index is 11.2. The van der Waals surface area contributed by atoms with Crippen LogP contribution < -0.4 is 4.74 Å². The molecule has 6 heteroatoms. The fourth-order valence-electron chi connectivity index (χ4n) is 1.66. The van der Waals surface area contributed by atoms with Gasteiger partial charge in [-0.15, -0.1) is 0 Å². The highest BCUT2D eigenvalue weighted by Crippen LogP contribution is 2.37. The van der Waals surface area contributed by atoms with Crippen LogP contribution >= 0.6 is 0 Å². The van der Waals surface area contributed by atoms with E-state index in [2.05, 4.69) is 4.74 Å². The minimum atomic E-state index is -0.777. The summed E-state index contributed by atoms with van der Waals surface area (Å²) in [6.07, 6.45) is -0.468. The van der Waals surface area contributed by atoms with Crippen molar-refractivity contribution in [2.45, 2.75) is 12.5 Å². The molecule has 16 heavy (non-hydrogen) atoms. The number of para-hydroxylation sites is 1. The first-order valence-electron chi connectivity index (χ1n) is 4.64. The molecule has 0 unspecified atom stereocenters. The fourth-order valence-corrected chi connectivity index (χ4v) is 1.66. The number of nitrogens with zero attached hydrogens (tertiary/aromatic N) is 1. The van der Waals surface area contributed by atoms with Crippen molar-refractivity contribution in [1.82, 2.24) is 0 Å². The lowest BCUT2D eigenvalue weighted by molar-refractivity contribution is -0.385. The Kier molecular flexibility index (Phi) is 2.47. The number of carbonyl (C=O) groups is 1. The van der Waals surface area contributed by atoms with Crippen LogP contribution in [0.2, 0.25) is 0 Å². The number of carbonyl (C=O) groups excluding carboxylic acids is 1. The van der Waals surface area contributed by atoms with Gasteiger partial charge in [-0.25, -0.2) is 4.79 Å². The maximum absolute atomic E-state index is 11.2. The van der Waals surface area contributed by atoms with Gasteiger partial charge in [0.1, 0.15) is 0 Å². The van der Waals surface area contributed by atoms with Crippen LogP contribution in [0.3, 0.4) is 0 Å². The number of benzene rings is 1. The summed E-state index contributed by atoms with van der Waals surface area (Å²) in [5.74, 6) is -0.353. The molecule has 0 N–H and O–H groups in total. The van der Waals surface area contributed by atoms with Crippen molar-refractivity contribution in [3.8, 4) is 5.75 Å². The standard InChI is InChI=1S/C10H9NO5/c1-15-10(12)8-5-6-3-2-4-7(11(13)14)9(6)16-8/h2-4,8H,5H2,1H3/t8-/m1/s1. The minimum absolute atomic E-state index is 0.121. The summed E-state index contributed by atoms with van der Waals surface area (Å²) < 4.78 is 9.77. The predicted octanol–water partition coefficient (Wildman–Crippen LogP) is 1.07. The molecule has 0 fully saturated rings. The van der Waals surface area contributed by atoms with E-state index in [1.807, 2.05) is 0 Å². The van der Waals surface area contributed by atoms with Gasteiger partial charge in [0.25, 0.3) is 0 Å². The zero-order valence-corrected chi connectivity index (χ0v) is 8.50. The minimum Gasteiger partial charge on any atom is -0.471 e. The van der Waals surface area contributed by atoms with E-state index in [9.17, 15) is 14.9 Å². The van der Waals surface area contributed by atoms with Crippen LogP contribution in [-0.4, -0.2) is 24.1 Å². The smallest absolute Gasteiger partial charge is 0.347 e. The molecular formula is C10H9NO5. The predicted molar refractivity (Wildman–Crippen MR) is 53.2 cm³/mol. The second-order valence-corrected chi connectivity index (χ2v) is 3.36. The Bertz CT molecular complexity index is 457. The van der Waals surface area contributed by atoms with Crippen LogP contribution in [0, 0.1) is 10.1 Å². The number of hydrogen-bond donors (Lipinski definition) is 0. The van der Waals surface area contributed by atoms with E-state index in [4.69, 9.17) is 4.74 Å². The molecule has 0 saturated carbocycles. The lowest BCUT2D eigenvalue weighted by atomic mass is 10.1. The van der Waals surface area contributed by atoms with Crippen molar-refractivity contribution in [2.24, 2.45) is 0 Å². The lowest BCUT2D eigenvalue weighted by Crippen LogP contribution is -2.26. The van der Waals surface area contributed by atoms with Gasteiger partial charge in [0.2, 0.25) is 5.75 Å². The highest BCUT2D eigenvalue weighted by Gasteiger charge is 2.34. The molecule has 84 valence electrons. The zero-order valence-electron chi connectivity index (χ0n) is 8.50. The van der Waals surface area contributed by atoms with Crippen molar-refractivity contribution < 1.29 is 19.2 Å². The number of ether oxygens (including phenoxy) is 2. The number of nitro benzene ring substituents is 1. The number of hydrogen-bond acceptors (Lipinski definition) is 5. The van der Waals surface area contributed by atoms with Crippen LogP contribution in [0.25, 0.3) is 0 Å². The summed E-state index contributed by atoms with van der Waals surface area (Å²) in [6.45, 7) is 0. The highest BCUT2D eigenvalue weighted by atomic mass is 16.6. The highest BCUT2D eigenvalue weighted by molar-refractivity contribution is 5.77. The van der Waals surface area contributed by atoms with Gasteiger partial charge in [-0.1, -0.05) is 12.1 Å². The average molecular weight is 223 g/mol. The van der Waals surface area contributed by atoms with Gasteiger partial charge in [0, 0.05) is 18.1 Å². The lowest BCUT2D eigenvalue weighted by Gasteiger charge is -2.06. The Morgan fingerprint density at radius 2 is 2.38 bits per heavy atom. The molecular weight excluding hydrogens is 214 g/mol. The van der Waals surface area contributed by atoms with Gasteiger partial charge in [-0.05, 0) is 0 Å². The second-order valence-electron chi connectivity index (χ2n) is 3.36. The number of esters is 1. The SMILES string of the molecule is COC(=O)[C@H]1Cc2cccc([N+](=O)[O-])c2O1. The largest absolute Gasteiger partial charge is 0.471 e. The summed E-state index contributed by atoms with van der Waals surface area (Å²) in [4.78, 5) is 21.4. The van der Waals surface area contributed by atoms with E-state index in [0.29, 0.717) is 12.0 Å².